The molecule has 0 aliphatic carbocycles. The Morgan fingerprint density at radius 3 is 2.91 bits per heavy atom. The van der Waals surface area contributed by atoms with Crippen molar-refractivity contribution in [2.75, 3.05) is 31.6 Å². The minimum absolute atomic E-state index is 0.201. The van der Waals surface area contributed by atoms with Gasteiger partial charge in [-0.25, -0.2) is 9.97 Å². The van der Waals surface area contributed by atoms with Gasteiger partial charge in [-0.05, 0) is 19.4 Å². The molecule has 0 saturated carbocycles. The SMILES string of the molecule is OCCN1CCCC(c2cncc(Nc3cnccn3)n2)C1. The second-order valence-electron chi connectivity index (χ2n) is 5.41. The van der Waals surface area contributed by atoms with Crippen LogP contribution in [0.4, 0.5) is 11.6 Å². The molecule has 0 spiro atoms. The fourth-order valence-electron chi connectivity index (χ4n) is 2.77. The molecule has 1 saturated heterocycles. The normalized spacial score (nSPS) is 19.0. The van der Waals surface area contributed by atoms with Gasteiger partial charge in [0.2, 0.25) is 0 Å². The third-order valence-corrected chi connectivity index (χ3v) is 3.81. The second kappa shape index (κ2) is 7.24. The summed E-state index contributed by atoms with van der Waals surface area (Å²) in [4.78, 5) is 19.4. The van der Waals surface area contributed by atoms with Crippen molar-refractivity contribution in [1.29, 1.82) is 0 Å². The van der Waals surface area contributed by atoms with Crippen molar-refractivity contribution in [2.45, 2.75) is 18.8 Å². The van der Waals surface area contributed by atoms with E-state index in [4.69, 9.17) is 5.11 Å². The number of likely N-dealkylation sites (tertiary alicyclic amines) is 1. The predicted molar refractivity (Wildman–Crippen MR) is 82.8 cm³/mol. The molecule has 0 aromatic carbocycles. The third kappa shape index (κ3) is 3.75. The highest BCUT2D eigenvalue weighted by molar-refractivity contribution is 5.48. The summed E-state index contributed by atoms with van der Waals surface area (Å²) in [6.45, 7) is 2.89. The van der Waals surface area contributed by atoms with Crippen LogP contribution in [-0.2, 0) is 0 Å². The molecule has 2 aromatic rings. The van der Waals surface area contributed by atoms with E-state index in [2.05, 4.69) is 30.2 Å². The van der Waals surface area contributed by atoms with Crippen molar-refractivity contribution in [3.63, 3.8) is 0 Å². The van der Waals surface area contributed by atoms with Crippen molar-refractivity contribution in [1.82, 2.24) is 24.8 Å². The van der Waals surface area contributed by atoms with Crippen molar-refractivity contribution in [2.24, 2.45) is 0 Å². The first-order chi connectivity index (χ1) is 10.8. The Hall–Kier alpha value is -2.12. The molecule has 3 rings (SSSR count). The van der Waals surface area contributed by atoms with Crippen LogP contribution in [0.25, 0.3) is 0 Å². The van der Waals surface area contributed by atoms with Gasteiger partial charge in [-0.1, -0.05) is 0 Å². The largest absolute Gasteiger partial charge is 0.395 e. The number of nitrogens with one attached hydrogen (secondary N) is 1. The van der Waals surface area contributed by atoms with Crippen LogP contribution in [0.1, 0.15) is 24.5 Å². The molecule has 0 radical (unpaired) electrons. The van der Waals surface area contributed by atoms with Crippen LogP contribution in [0.15, 0.2) is 31.0 Å². The summed E-state index contributed by atoms with van der Waals surface area (Å²) >= 11 is 0. The second-order valence-corrected chi connectivity index (χ2v) is 5.41. The molecule has 2 N–H and O–H groups in total. The lowest BCUT2D eigenvalue weighted by atomic mass is 9.95. The van der Waals surface area contributed by atoms with Gasteiger partial charge in [0.25, 0.3) is 0 Å². The van der Waals surface area contributed by atoms with E-state index in [1.54, 1.807) is 24.8 Å². The lowest BCUT2D eigenvalue weighted by molar-refractivity contribution is 0.160. The van der Waals surface area contributed by atoms with Gasteiger partial charge >= 0.3 is 0 Å². The molecule has 0 bridgehead atoms. The highest BCUT2D eigenvalue weighted by Crippen LogP contribution is 2.25. The van der Waals surface area contributed by atoms with Gasteiger partial charge in [-0.2, -0.15) is 0 Å². The monoisotopic (exact) mass is 300 g/mol. The molecular formula is C15H20N6O. The Balaban J connectivity index is 1.70. The predicted octanol–water partition coefficient (Wildman–Crippen LogP) is 1.18. The van der Waals surface area contributed by atoms with Crippen LogP contribution in [0, 0.1) is 0 Å². The maximum atomic E-state index is 9.09. The Labute approximate surface area is 129 Å². The zero-order chi connectivity index (χ0) is 15.2. The fraction of sp³-hybridized carbons (Fsp3) is 0.467. The van der Waals surface area contributed by atoms with Gasteiger partial charge in [0.15, 0.2) is 0 Å². The number of anilines is 2. The van der Waals surface area contributed by atoms with E-state index in [1.807, 2.05) is 6.20 Å². The van der Waals surface area contributed by atoms with Crippen LogP contribution >= 0.6 is 0 Å². The van der Waals surface area contributed by atoms with E-state index in [9.17, 15) is 0 Å². The smallest absolute Gasteiger partial charge is 0.150 e. The van der Waals surface area contributed by atoms with E-state index in [0.717, 1.165) is 38.2 Å². The van der Waals surface area contributed by atoms with Crippen molar-refractivity contribution in [3.05, 3.63) is 36.7 Å². The highest BCUT2D eigenvalue weighted by atomic mass is 16.3. The molecule has 7 nitrogen and oxygen atoms in total. The van der Waals surface area contributed by atoms with Crippen LogP contribution in [0.3, 0.4) is 0 Å². The summed E-state index contributed by atoms with van der Waals surface area (Å²) < 4.78 is 0. The number of hydrogen-bond acceptors (Lipinski definition) is 7. The lowest BCUT2D eigenvalue weighted by Crippen LogP contribution is -2.36. The van der Waals surface area contributed by atoms with E-state index in [1.165, 1.54) is 0 Å². The molecule has 0 amide bonds. The molecule has 1 atom stereocenters. The van der Waals surface area contributed by atoms with Crippen LogP contribution in [-0.4, -0.2) is 56.2 Å². The zero-order valence-corrected chi connectivity index (χ0v) is 12.4. The average molecular weight is 300 g/mol. The molecule has 1 aliphatic rings. The first-order valence-electron chi connectivity index (χ1n) is 7.53. The van der Waals surface area contributed by atoms with Gasteiger partial charge < -0.3 is 15.3 Å². The number of piperidine rings is 1. The molecule has 2 aromatic heterocycles. The van der Waals surface area contributed by atoms with Gasteiger partial charge in [-0.15, -0.1) is 0 Å². The first-order valence-corrected chi connectivity index (χ1v) is 7.53. The Morgan fingerprint density at radius 1 is 1.18 bits per heavy atom. The summed E-state index contributed by atoms with van der Waals surface area (Å²) in [5.74, 6) is 1.69. The Morgan fingerprint density at radius 2 is 2.09 bits per heavy atom. The van der Waals surface area contributed by atoms with Crippen LogP contribution in [0.2, 0.25) is 0 Å². The van der Waals surface area contributed by atoms with Crippen LogP contribution < -0.4 is 5.32 Å². The Bertz CT molecular complexity index is 592. The molecule has 1 aliphatic heterocycles. The van der Waals surface area contributed by atoms with E-state index in [0.29, 0.717) is 17.6 Å². The van der Waals surface area contributed by atoms with E-state index in [-0.39, 0.29) is 6.61 Å². The summed E-state index contributed by atoms with van der Waals surface area (Å²) in [6, 6.07) is 0. The molecule has 1 fully saturated rings. The molecular weight excluding hydrogens is 280 g/mol. The standard InChI is InChI=1S/C15H20N6O/c22-7-6-21-5-1-2-12(11-21)13-8-17-10-15(19-13)20-14-9-16-3-4-18-14/h3-4,8-10,12,22H,1-2,5-7,11H2,(H,18,19,20). The summed E-state index contributed by atoms with van der Waals surface area (Å²) in [6.07, 6.45) is 10.7. The van der Waals surface area contributed by atoms with E-state index < -0.39 is 0 Å². The minimum atomic E-state index is 0.201. The van der Waals surface area contributed by atoms with Gasteiger partial charge in [0.1, 0.15) is 11.6 Å². The zero-order valence-electron chi connectivity index (χ0n) is 12.4. The fourth-order valence-corrected chi connectivity index (χ4v) is 2.77. The summed E-state index contributed by atoms with van der Waals surface area (Å²) in [5.41, 5.74) is 0.983. The van der Waals surface area contributed by atoms with E-state index >= 15 is 0 Å². The van der Waals surface area contributed by atoms with Crippen molar-refractivity contribution in [3.8, 4) is 0 Å². The first kappa shape index (κ1) is 14.8. The molecule has 7 heteroatoms. The molecule has 116 valence electrons. The number of β-amino-alcohol motifs (C(OH)–C–C–N with tert-alkyl or cyclic N) is 1. The Kier molecular flexibility index (Phi) is 4.87. The number of aliphatic hydroxyl groups is 1. The van der Waals surface area contributed by atoms with Gasteiger partial charge in [0, 0.05) is 37.6 Å². The molecule has 1 unspecified atom stereocenters. The third-order valence-electron chi connectivity index (χ3n) is 3.81. The number of aliphatic hydroxyl groups excluding tert-OH is 1. The minimum Gasteiger partial charge on any atom is -0.395 e. The number of aromatic nitrogens is 4. The topological polar surface area (TPSA) is 87.1 Å². The maximum absolute atomic E-state index is 9.09. The quantitative estimate of drug-likeness (QED) is 0.857. The number of rotatable bonds is 5. The number of hydrogen-bond donors (Lipinski definition) is 2. The summed E-state index contributed by atoms with van der Waals surface area (Å²) in [5, 5.41) is 12.2. The van der Waals surface area contributed by atoms with Crippen molar-refractivity contribution >= 4 is 11.6 Å². The molecule has 3 heterocycles. The van der Waals surface area contributed by atoms with Crippen molar-refractivity contribution < 1.29 is 5.11 Å². The average Bonchev–Trinajstić information content (AvgIpc) is 2.57. The maximum Gasteiger partial charge on any atom is 0.150 e. The molecule has 22 heavy (non-hydrogen) atoms. The van der Waals surface area contributed by atoms with Gasteiger partial charge in [0.05, 0.1) is 24.7 Å². The van der Waals surface area contributed by atoms with Crippen LogP contribution in [0.5, 0.6) is 0 Å². The highest BCUT2D eigenvalue weighted by Gasteiger charge is 2.22. The lowest BCUT2D eigenvalue weighted by Gasteiger charge is -2.31. The number of nitrogens with zero attached hydrogens (tertiary/aromatic N) is 5. The van der Waals surface area contributed by atoms with Gasteiger partial charge in [-0.3, -0.25) is 9.97 Å². The summed E-state index contributed by atoms with van der Waals surface area (Å²) in [7, 11) is 0.